The number of ether oxygens (including phenoxy) is 3. The van der Waals surface area contributed by atoms with Gasteiger partial charge in [0.25, 0.3) is 11.6 Å². The number of benzene rings is 4. The molecule has 58 heavy (non-hydrogen) atoms. The van der Waals surface area contributed by atoms with Crippen LogP contribution in [0.4, 0.5) is 0 Å². The number of aromatic hydroxyl groups is 1. The van der Waals surface area contributed by atoms with Gasteiger partial charge in [-0.1, -0.05) is 90.6 Å². The van der Waals surface area contributed by atoms with Crippen LogP contribution in [-0.2, 0) is 48.5 Å². The number of phenolic OH excluding ortho intramolecular Hbond substituents is 1. The van der Waals surface area contributed by atoms with Crippen molar-refractivity contribution in [2.24, 2.45) is 7.05 Å². The van der Waals surface area contributed by atoms with Crippen LogP contribution in [0, 0.1) is 0 Å². The van der Waals surface area contributed by atoms with E-state index in [-0.39, 0.29) is 34.3 Å². The van der Waals surface area contributed by atoms with E-state index in [0.717, 1.165) is 36.0 Å². The second-order valence-corrected chi connectivity index (χ2v) is 15.9. The molecule has 0 bridgehead atoms. The van der Waals surface area contributed by atoms with E-state index in [9.17, 15) is 24.3 Å². The molecular weight excluding hydrogens is 781 g/mol. The molecule has 4 aromatic carbocycles. The number of carbonyl (C=O) groups is 4. The molecule has 0 saturated carbocycles. The van der Waals surface area contributed by atoms with E-state index < -0.39 is 46.9 Å². The molecule has 3 heterocycles. The quantitative estimate of drug-likeness (QED) is 0.0413. The molecule has 16 heteroatoms. The van der Waals surface area contributed by atoms with Gasteiger partial charge in [-0.25, -0.2) is 9.48 Å². The number of aromatic nitrogens is 4. The van der Waals surface area contributed by atoms with Crippen LogP contribution in [0.5, 0.6) is 11.5 Å². The fourth-order valence-electron chi connectivity index (χ4n) is 7.39. The van der Waals surface area contributed by atoms with Crippen molar-refractivity contribution in [3.05, 3.63) is 142 Å². The number of fused-ring (bicyclic) bond motifs is 2. The lowest BCUT2D eigenvalue weighted by Crippen LogP contribution is -2.81. The van der Waals surface area contributed by atoms with Gasteiger partial charge in [-0.2, -0.15) is 0 Å². The molecule has 5 aromatic rings. The number of rotatable bonds is 13. The summed E-state index contributed by atoms with van der Waals surface area (Å²) in [6.07, 6.45) is 2.00. The second-order valence-electron chi connectivity index (χ2n) is 13.9. The van der Waals surface area contributed by atoms with Gasteiger partial charge in [0.1, 0.15) is 22.6 Å². The van der Waals surface area contributed by atoms with Crippen molar-refractivity contribution in [2.45, 2.75) is 47.5 Å². The van der Waals surface area contributed by atoms with E-state index in [1.54, 1.807) is 19.2 Å². The molecule has 1 saturated heterocycles. The number of nitrogens with zero attached hydrogens (tertiary/aromatic N) is 5. The SMILES string of the molecule is CO[C@@]1(NC(=O)C(C(=O)Oc2ccc3c(c2)CCC3)c2ccc(O)cc2)C(=O)N2C(C(=O)OC(c3ccccc3)c3ccccc3)=C(CSc3nnnn3C)CS[C@H]21. The minimum atomic E-state index is -1.97. The minimum Gasteiger partial charge on any atom is -0.508 e. The Morgan fingerprint density at radius 2 is 1.64 bits per heavy atom. The molecular formula is C42H38N6O8S2. The number of phenols is 1. The smallest absolute Gasteiger partial charge is 0.356 e. The molecule has 3 aliphatic rings. The zero-order valence-electron chi connectivity index (χ0n) is 31.4. The number of aryl methyl sites for hydroxylation is 3. The lowest BCUT2D eigenvalue weighted by atomic mass is 9.94. The first-order chi connectivity index (χ1) is 28.2. The fourth-order valence-corrected chi connectivity index (χ4v) is 9.82. The molecule has 296 valence electrons. The van der Waals surface area contributed by atoms with Gasteiger partial charge in [-0.15, -0.1) is 16.9 Å². The van der Waals surface area contributed by atoms with Crippen LogP contribution < -0.4 is 10.1 Å². The van der Waals surface area contributed by atoms with Crippen LogP contribution in [-0.4, -0.2) is 83.7 Å². The number of methoxy groups -OCH3 is 1. The number of β-lactam (4-membered cyclic amide) rings is 1. The molecule has 3 atom stereocenters. The normalized spacial score (nSPS) is 18.9. The number of carbonyl (C=O) groups excluding carboxylic acids is 4. The van der Waals surface area contributed by atoms with Gasteiger partial charge in [0.15, 0.2) is 12.0 Å². The summed E-state index contributed by atoms with van der Waals surface area (Å²) in [6, 6.07) is 29.6. The van der Waals surface area contributed by atoms with E-state index in [1.165, 1.54) is 70.0 Å². The molecule has 0 spiro atoms. The average Bonchev–Trinajstić information content (AvgIpc) is 3.90. The van der Waals surface area contributed by atoms with Crippen molar-refractivity contribution in [2.75, 3.05) is 18.6 Å². The second kappa shape index (κ2) is 16.5. The number of nitrogens with one attached hydrogen (secondary N) is 1. The van der Waals surface area contributed by atoms with Crippen molar-refractivity contribution < 1.29 is 38.5 Å². The molecule has 8 rings (SSSR count). The van der Waals surface area contributed by atoms with Crippen LogP contribution in [0.3, 0.4) is 0 Å². The molecule has 2 N–H and O–H groups in total. The summed E-state index contributed by atoms with van der Waals surface area (Å²) >= 11 is 2.57. The molecule has 1 unspecified atom stereocenters. The zero-order valence-corrected chi connectivity index (χ0v) is 33.1. The van der Waals surface area contributed by atoms with E-state index >= 15 is 0 Å². The van der Waals surface area contributed by atoms with Gasteiger partial charge in [-0.3, -0.25) is 19.3 Å². The topological polar surface area (TPSA) is 175 Å². The summed E-state index contributed by atoms with van der Waals surface area (Å²) in [4.78, 5) is 58.7. The predicted molar refractivity (Wildman–Crippen MR) is 213 cm³/mol. The molecule has 1 fully saturated rings. The van der Waals surface area contributed by atoms with E-state index in [1.807, 2.05) is 66.7 Å². The predicted octanol–water partition coefficient (Wildman–Crippen LogP) is 4.85. The Kier molecular flexibility index (Phi) is 11.0. The van der Waals surface area contributed by atoms with Gasteiger partial charge in [0, 0.05) is 25.7 Å². The summed E-state index contributed by atoms with van der Waals surface area (Å²) in [5.41, 5.74) is 2.58. The monoisotopic (exact) mass is 818 g/mol. The van der Waals surface area contributed by atoms with Crippen molar-refractivity contribution in [3.63, 3.8) is 0 Å². The summed E-state index contributed by atoms with van der Waals surface area (Å²) in [5, 5.41) is 24.0. The number of tetrazole rings is 1. The Morgan fingerprint density at radius 1 is 0.948 bits per heavy atom. The lowest BCUT2D eigenvalue weighted by molar-refractivity contribution is -0.193. The molecule has 14 nitrogen and oxygen atoms in total. The maximum absolute atomic E-state index is 14.6. The first kappa shape index (κ1) is 38.9. The molecule has 0 radical (unpaired) electrons. The van der Waals surface area contributed by atoms with Gasteiger partial charge in [-0.05, 0) is 87.3 Å². The average molecular weight is 819 g/mol. The summed E-state index contributed by atoms with van der Waals surface area (Å²) in [5.74, 6) is -4.08. The Hall–Kier alpha value is -5.97. The van der Waals surface area contributed by atoms with Crippen molar-refractivity contribution >= 4 is 47.3 Å². The maximum Gasteiger partial charge on any atom is 0.356 e. The number of esters is 2. The lowest BCUT2D eigenvalue weighted by Gasteiger charge is -2.56. The molecule has 2 amide bonds. The van der Waals surface area contributed by atoms with E-state index in [4.69, 9.17) is 14.2 Å². The fraction of sp³-hybridized carbons (Fsp3) is 0.262. The minimum absolute atomic E-state index is 0.0151. The zero-order chi connectivity index (χ0) is 40.4. The van der Waals surface area contributed by atoms with Crippen LogP contribution in [0.15, 0.2) is 120 Å². The highest BCUT2D eigenvalue weighted by Gasteiger charge is 2.67. The van der Waals surface area contributed by atoms with Crippen LogP contribution >= 0.6 is 23.5 Å². The highest BCUT2D eigenvalue weighted by molar-refractivity contribution is 8.01. The number of hydrogen-bond acceptors (Lipinski definition) is 13. The Balaban J connectivity index is 1.10. The summed E-state index contributed by atoms with van der Waals surface area (Å²) < 4.78 is 19.4. The van der Waals surface area contributed by atoms with Gasteiger partial charge >= 0.3 is 11.9 Å². The number of thioether (sulfide) groups is 2. The highest BCUT2D eigenvalue weighted by atomic mass is 32.2. The van der Waals surface area contributed by atoms with Gasteiger partial charge in [0.05, 0.1) is 0 Å². The van der Waals surface area contributed by atoms with Crippen LogP contribution in [0.1, 0.15) is 46.3 Å². The first-order valence-electron chi connectivity index (χ1n) is 18.5. The van der Waals surface area contributed by atoms with Gasteiger partial charge in [0.2, 0.25) is 11.1 Å². The number of hydrogen-bond donors (Lipinski definition) is 2. The third kappa shape index (κ3) is 7.45. The molecule has 1 aliphatic carbocycles. The Morgan fingerprint density at radius 3 is 2.29 bits per heavy atom. The highest BCUT2D eigenvalue weighted by Crippen LogP contribution is 2.48. The molecule has 1 aromatic heterocycles. The Bertz CT molecular complexity index is 2350. The van der Waals surface area contributed by atoms with Gasteiger partial charge < -0.3 is 24.6 Å². The van der Waals surface area contributed by atoms with E-state index in [2.05, 4.69) is 20.8 Å². The largest absolute Gasteiger partial charge is 0.508 e. The third-order valence-electron chi connectivity index (χ3n) is 10.3. The number of amides is 2. The van der Waals surface area contributed by atoms with Crippen LogP contribution in [0.2, 0.25) is 0 Å². The summed E-state index contributed by atoms with van der Waals surface area (Å²) in [7, 11) is 2.98. The summed E-state index contributed by atoms with van der Waals surface area (Å²) in [6.45, 7) is 0. The standard InChI is InChI=1S/C42H38N6O8S2/c1-47-41(44-45-46-47)58-24-30-23-57-40-42(54-2,39(53)48(40)34(30)38(52)56-35(27-10-5-3-6-11-27)28-12-7-4-8-13-28)43-36(50)33(26-16-19-31(49)20-17-26)37(51)55-32-21-18-25-14-9-15-29(25)22-32/h3-8,10-13,16-22,33,35,40,49H,9,14-15,23-24H2,1-2H3,(H,43,50)/t33?,40-,42-/m0/s1. The first-order valence-corrected chi connectivity index (χ1v) is 20.5. The Labute approximate surface area is 341 Å². The van der Waals surface area contributed by atoms with Crippen LogP contribution in [0.25, 0.3) is 0 Å². The van der Waals surface area contributed by atoms with Crippen molar-refractivity contribution in [1.29, 1.82) is 0 Å². The van der Waals surface area contributed by atoms with Crippen molar-refractivity contribution in [1.82, 2.24) is 30.4 Å². The van der Waals surface area contributed by atoms with Crippen molar-refractivity contribution in [3.8, 4) is 11.5 Å². The molecule has 2 aliphatic heterocycles. The van der Waals surface area contributed by atoms with E-state index in [0.29, 0.717) is 10.7 Å². The third-order valence-corrected chi connectivity index (χ3v) is 12.8. The maximum atomic E-state index is 14.6.